The van der Waals surface area contributed by atoms with Crippen molar-refractivity contribution in [3.05, 3.63) is 29.8 Å². The van der Waals surface area contributed by atoms with Gasteiger partial charge >= 0.3 is 11.9 Å². The van der Waals surface area contributed by atoms with Crippen molar-refractivity contribution in [1.29, 1.82) is 0 Å². The van der Waals surface area contributed by atoms with Gasteiger partial charge in [-0.1, -0.05) is 23.3 Å². The quantitative estimate of drug-likeness (QED) is 0.629. The zero-order valence-electron chi connectivity index (χ0n) is 18.6. The van der Waals surface area contributed by atoms with Gasteiger partial charge in [-0.2, -0.15) is 0 Å². The Kier molecular flexibility index (Phi) is 6.48. The number of piperidine rings is 1. The van der Waals surface area contributed by atoms with Gasteiger partial charge in [0.2, 0.25) is 0 Å². The number of para-hydroxylation sites is 1. The molecule has 0 spiro atoms. The Morgan fingerprint density at radius 1 is 1.06 bits per heavy atom. The monoisotopic (exact) mass is 440 g/mol. The van der Waals surface area contributed by atoms with Crippen LogP contribution in [0.2, 0.25) is 0 Å². The second-order valence-corrected chi connectivity index (χ2v) is 7.92. The van der Waals surface area contributed by atoms with Crippen molar-refractivity contribution < 1.29 is 19.1 Å². The number of carbonyl (C=O) groups excluding carboxylic acids is 2. The Hall–Kier alpha value is -3.30. The Balaban J connectivity index is 1.67. The van der Waals surface area contributed by atoms with Gasteiger partial charge in [0, 0.05) is 30.1 Å². The molecule has 4 rings (SSSR count). The van der Waals surface area contributed by atoms with Crippen molar-refractivity contribution in [3.63, 3.8) is 0 Å². The predicted octanol–water partition coefficient (Wildman–Crippen LogP) is 2.33. The van der Waals surface area contributed by atoms with E-state index in [-0.39, 0.29) is 24.5 Å². The average molecular weight is 441 g/mol. The van der Waals surface area contributed by atoms with E-state index in [1.807, 2.05) is 31.2 Å². The van der Waals surface area contributed by atoms with Crippen LogP contribution in [0.25, 0.3) is 0 Å². The van der Waals surface area contributed by atoms with Gasteiger partial charge in [-0.05, 0) is 50.1 Å². The van der Waals surface area contributed by atoms with Gasteiger partial charge < -0.3 is 14.4 Å². The molecule has 0 N–H and O–H groups in total. The fourth-order valence-electron chi connectivity index (χ4n) is 4.52. The molecule has 170 valence electrons. The SMILES string of the molecule is CCOC(=O)C1CCN(c2ccccc2C2C(C(=O)OCC)C(C)=Nc3nnnn32)CC1. The van der Waals surface area contributed by atoms with Crippen molar-refractivity contribution in [2.45, 2.75) is 39.7 Å². The Labute approximate surface area is 186 Å². The zero-order valence-corrected chi connectivity index (χ0v) is 18.6. The lowest BCUT2D eigenvalue weighted by molar-refractivity contribution is -0.149. The molecule has 10 nitrogen and oxygen atoms in total. The molecule has 2 aliphatic heterocycles. The third-order valence-electron chi connectivity index (χ3n) is 6.03. The van der Waals surface area contributed by atoms with Crippen molar-refractivity contribution in [2.24, 2.45) is 16.8 Å². The number of benzene rings is 1. The number of aliphatic imine (C=N–C) groups is 1. The standard InChI is InChI=1S/C22H28N6O4/c1-4-31-20(29)15-10-12-27(13-11-15)17-9-7-6-8-16(17)19-18(21(30)32-5-2)14(3)23-22-24-25-26-28(19)22/h6-9,15,18-19H,4-5,10-13H2,1-3H3. The van der Waals surface area contributed by atoms with Gasteiger partial charge in [0.1, 0.15) is 12.0 Å². The number of hydrogen-bond acceptors (Lipinski definition) is 9. The van der Waals surface area contributed by atoms with Crippen molar-refractivity contribution in [1.82, 2.24) is 20.2 Å². The summed E-state index contributed by atoms with van der Waals surface area (Å²) in [5, 5.41) is 11.9. The highest BCUT2D eigenvalue weighted by Gasteiger charge is 2.41. The summed E-state index contributed by atoms with van der Waals surface area (Å²) in [5.74, 6) is -0.829. The minimum absolute atomic E-state index is 0.0826. The van der Waals surface area contributed by atoms with E-state index in [9.17, 15) is 9.59 Å². The summed E-state index contributed by atoms with van der Waals surface area (Å²) >= 11 is 0. The summed E-state index contributed by atoms with van der Waals surface area (Å²) in [4.78, 5) is 31.8. The average Bonchev–Trinajstić information content (AvgIpc) is 3.26. The van der Waals surface area contributed by atoms with E-state index in [1.165, 1.54) is 0 Å². The van der Waals surface area contributed by atoms with E-state index in [0.717, 1.165) is 24.1 Å². The third-order valence-corrected chi connectivity index (χ3v) is 6.03. The number of carbonyl (C=O) groups is 2. The number of aromatic nitrogens is 4. The van der Waals surface area contributed by atoms with E-state index < -0.39 is 12.0 Å². The largest absolute Gasteiger partial charge is 0.466 e. The fraction of sp³-hybridized carbons (Fsp3) is 0.545. The summed E-state index contributed by atoms with van der Waals surface area (Å²) in [7, 11) is 0. The molecule has 1 saturated heterocycles. The molecular weight excluding hydrogens is 412 g/mol. The molecule has 3 heterocycles. The molecule has 0 saturated carbocycles. The summed E-state index contributed by atoms with van der Waals surface area (Å²) in [6.45, 7) is 7.52. The molecular formula is C22H28N6O4. The second-order valence-electron chi connectivity index (χ2n) is 7.92. The molecule has 1 fully saturated rings. The lowest BCUT2D eigenvalue weighted by Gasteiger charge is -2.36. The first-order valence-corrected chi connectivity index (χ1v) is 11.0. The molecule has 0 radical (unpaired) electrons. The minimum Gasteiger partial charge on any atom is -0.466 e. The molecule has 2 aliphatic rings. The predicted molar refractivity (Wildman–Crippen MR) is 117 cm³/mol. The van der Waals surface area contributed by atoms with Crippen molar-refractivity contribution in [2.75, 3.05) is 31.2 Å². The molecule has 0 bridgehead atoms. The smallest absolute Gasteiger partial charge is 0.317 e. The van der Waals surface area contributed by atoms with Crippen LogP contribution in [0.15, 0.2) is 29.3 Å². The van der Waals surface area contributed by atoms with Crippen LogP contribution in [0, 0.1) is 11.8 Å². The van der Waals surface area contributed by atoms with Gasteiger partial charge in [0.15, 0.2) is 0 Å². The highest BCUT2D eigenvalue weighted by atomic mass is 16.5. The van der Waals surface area contributed by atoms with Crippen LogP contribution in [0.5, 0.6) is 0 Å². The van der Waals surface area contributed by atoms with Gasteiger partial charge in [0.25, 0.3) is 5.95 Å². The maximum absolute atomic E-state index is 12.9. The van der Waals surface area contributed by atoms with E-state index in [0.29, 0.717) is 31.4 Å². The molecule has 0 amide bonds. The molecule has 2 atom stereocenters. The van der Waals surface area contributed by atoms with Crippen LogP contribution in [0.1, 0.15) is 45.2 Å². The normalized spacial score (nSPS) is 21.0. The molecule has 1 aromatic carbocycles. The first-order chi connectivity index (χ1) is 15.5. The van der Waals surface area contributed by atoms with Crippen molar-refractivity contribution in [3.8, 4) is 0 Å². The number of nitrogens with zero attached hydrogens (tertiary/aromatic N) is 6. The molecule has 10 heteroatoms. The summed E-state index contributed by atoms with van der Waals surface area (Å²) in [6, 6.07) is 7.47. The number of anilines is 1. The topological polar surface area (TPSA) is 112 Å². The zero-order chi connectivity index (χ0) is 22.7. The maximum atomic E-state index is 12.9. The van der Waals surface area contributed by atoms with E-state index >= 15 is 0 Å². The van der Waals surface area contributed by atoms with E-state index in [2.05, 4.69) is 25.4 Å². The van der Waals surface area contributed by atoms with Crippen LogP contribution in [-0.4, -0.2) is 64.2 Å². The molecule has 32 heavy (non-hydrogen) atoms. The van der Waals surface area contributed by atoms with Gasteiger partial charge in [-0.3, -0.25) is 9.59 Å². The van der Waals surface area contributed by atoms with Crippen molar-refractivity contribution >= 4 is 29.3 Å². The van der Waals surface area contributed by atoms with Crippen LogP contribution >= 0.6 is 0 Å². The van der Waals surface area contributed by atoms with Crippen LogP contribution in [-0.2, 0) is 19.1 Å². The number of fused-ring (bicyclic) bond motifs is 1. The number of rotatable bonds is 6. The summed E-state index contributed by atoms with van der Waals surface area (Å²) in [6.07, 6.45) is 1.44. The molecule has 1 aromatic heterocycles. The van der Waals surface area contributed by atoms with E-state index in [1.54, 1.807) is 18.5 Å². The number of ether oxygens (including phenoxy) is 2. The Morgan fingerprint density at radius 3 is 2.47 bits per heavy atom. The molecule has 2 aromatic rings. The summed E-state index contributed by atoms with van der Waals surface area (Å²) < 4.78 is 12.2. The second kappa shape index (κ2) is 9.46. The van der Waals surface area contributed by atoms with Gasteiger partial charge in [0.05, 0.1) is 19.1 Å². The lowest BCUT2D eigenvalue weighted by atomic mass is 9.86. The third kappa shape index (κ3) is 4.09. The highest BCUT2D eigenvalue weighted by molar-refractivity contribution is 6.03. The van der Waals surface area contributed by atoms with Gasteiger partial charge in [-0.15, -0.1) is 0 Å². The lowest BCUT2D eigenvalue weighted by Crippen LogP contribution is -2.40. The molecule has 0 aliphatic carbocycles. The number of tetrazole rings is 1. The first-order valence-electron chi connectivity index (χ1n) is 11.0. The number of esters is 2. The van der Waals surface area contributed by atoms with Crippen LogP contribution in [0.3, 0.4) is 0 Å². The first kappa shape index (κ1) is 21.9. The number of hydrogen-bond donors (Lipinski definition) is 0. The fourth-order valence-corrected chi connectivity index (χ4v) is 4.52. The Bertz CT molecular complexity index is 1010. The minimum atomic E-state index is -0.635. The van der Waals surface area contributed by atoms with E-state index in [4.69, 9.17) is 9.47 Å². The van der Waals surface area contributed by atoms with Crippen LogP contribution < -0.4 is 4.90 Å². The van der Waals surface area contributed by atoms with Gasteiger partial charge in [-0.25, -0.2) is 9.67 Å². The molecule has 2 unspecified atom stereocenters. The maximum Gasteiger partial charge on any atom is 0.317 e. The Morgan fingerprint density at radius 2 is 1.75 bits per heavy atom. The summed E-state index contributed by atoms with van der Waals surface area (Å²) in [5.41, 5.74) is 2.53. The van der Waals surface area contributed by atoms with Crippen LogP contribution in [0.4, 0.5) is 11.6 Å². The highest BCUT2D eigenvalue weighted by Crippen LogP contribution is 2.40.